The van der Waals surface area contributed by atoms with Gasteiger partial charge in [-0.3, -0.25) is 0 Å². The summed E-state index contributed by atoms with van der Waals surface area (Å²) in [5.41, 5.74) is 6.30. The molecule has 106 valence electrons. The lowest BCUT2D eigenvalue weighted by atomic mass is 10.3. The highest BCUT2D eigenvalue weighted by Crippen LogP contribution is 2.26. The number of nitrogen functional groups attached to an aromatic ring is 1. The summed E-state index contributed by atoms with van der Waals surface area (Å²) >= 11 is 5.82. The summed E-state index contributed by atoms with van der Waals surface area (Å²) in [6, 6.07) is 12.6. The van der Waals surface area contributed by atoms with E-state index in [1.807, 2.05) is 24.3 Å². The van der Waals surface area contributed by atoms with Gasteiger partial charge in [0.05, 0.1) is 12.8 Å². The Morgan fingerprint density at radius 3 is 2.25 bits per heavy atom. The van der Waals surface area contributed by atoms with Crippen LogP contribution in [0.1, 0.15) is 0 Å². The second-order valence-corrected chi connectivity index (χ2v) is 4.47. The number of hydrogen-bond acceptors (Lipinski definition) is 4. The molecule has 0 radical (unpaired) electrons. The van der Waals surface area contributed by atoms with Gasteiger partial charge in [0.25, 0.3) is 0 Å². The highest BCUT2D eigenvalue weighted by Gasteiger charge is 2.04. The Hall–Kier alpha value is -2.07. The fourth-order valence-corrected chi connectivity index (χ4v) is 1.87. The lowest BCUT2D eigenvalue weighted by molar-refractivity contribution is 0.212. The molecule has 0 fully saturated rings. The number of anilines is 1. The van der Waals surface area contributed by atoms with Gasteiger partial charge in [0.2, 0.25) is 0 Å². The van der Waals surface area contributed by atoms with Crippen LogP contribution >= 0.6 is 11.6 Å². The van der Waals surface area contributed by atoms with Gasteiger partial charge in [-0.25, -0.2) is 0 Å². The summed E-state index contributed by atoms with van der Waals surface area (Å²) in [7, 11) is 1.60. The first-order chi connectivity index (χ1) is 9.70. The van der Waals surface area contributed by atoms with Crippen LogP contribution in [0.25, 0.3) is 0 Å². The van der Waals surface area contributed by atoms with Crippen molar-refractivity contribution in [3.8, 4) is 17.2 Å². The summed E-state index contributed by atoms with van der Waals surface area (Å²) in [5.74, 6) is 1.97. The topological polar surface area (TPSA) is 53.7 Å². The van der Waals surface area contributed by atoms with Crippen molar-refractivity contribution in [2.75, 3.05) is 26.1 Å². The van der Waals surface area contributed by atoms with Gasteiger partial charge in [0, 0.05) is 5.02 Å². The summed E-state index contributed by atoms with van der Waals surface area (Å²) < 4.78 is 16.3. The van der Waals surface area contributed by atoms with Crippen LogP contribution in [-0.2, 0) is 0 Å². The monoisotopic (exact) mass is 293 g/mol. The molecule has 0 aliphatic rings. The minimum Gasteiger partial charge on any atom is -0.493 e. The normalized spacial score (nSPS) is 10.1. The first kappa shape index (κ1) is 14.3. The van der Waals surface area contributed by atoms with Crippen LogP contribution in [0.3, 0.4) is 0 Å². The smallest absolute Gasteiger partial charge is 0.161 e. The molecule has 0 aliphatic heterocycles. The van der Waals surface area contributed by atoms with E-state index in [-0.39, 0.29) is 0 Å². The molecule has 2 aromatic carbocycles. The second-order valence-electron chi connectivity index (χ2n) is 4.03. The molecule has 0 saturated heterocycles. The largest absolute Gasteiger partial charge is 0.493 e. The molecule has 0 saturated carbocycles. The quantitative estimate of drug-likeness (QED) is 0.655. The molecule has 2 N–H and O–H groups in total. The van der Waals surface area contributed by atoms with E-state index >= 15 is 0 Å². The maximum Gasteiger partial charge on any atom is 0.161 e. The van der Waals surface area contributed by atoms with Gasteiger partial charge in [-0.15, -0.1) is 0 Å². The van der Waals surface area contributed by atoms with Gasteiger partial charge in [-0.05, 0) is 30.3 Å². The Bertz CT molecular complexity index is 575. The maximum absolute atomic E-state index is 5.82. The minimum absolute atomic E-state index is 0.379. The van der Waals surface area contributed by atoms with Crippen molar-refractivity contribution in [3.05, 3.63) is 47.5 Å². The predicted molar refractivity (Wildman–Crippen MR) is 79.8 cm³/mol. The number of ether oxygens (including phenoxy) is 3. The third-order valence-corrected chi connectivity index (χ3v) is 2.87. The molecular formula is C15H16ClNO3. The Balaban J connectivity index is 1.84. The van der Waals surface area contributed by atoms with Gasteiger partial charge in [0.15, 0.2) is 11.5 Å². The van der Waals surface area contributed by atoms with Crippen LogP contribution in [0.2, 0.25) is 5.02 Å². The number of rotatable bonds is 6. The van der Waals surface area contributed by atoms with E-state index in [0.717, 1.165) is 0 Å². The molecule has 20 heavy (non-hydrogen) atoms. The summed E-state index contributed by atoms with van der Waals surface area (Å²) in [4.78, 5) is 0. The summed E-state index contributed by atoms with van der Waals surface area (Å²) in [6.07, 6.45) is 0. The lowest BCUT2D eigenvalue weighted by Crippen LogP contribution is -2.10. The fourth-order valence-electron chi connectivity index (χ4n) is 1.69. The molecule has 2 aromatic rings. The molecule has 0 aromatic heterocycles. The van der Waals surface area contributed by atoms with Crippen LogP contribution in [0.4, 0.5) is 5.69 Å². The van der Waals surface area contributed by atoms with Crippen LogP contribution < -0.4 is 19.9 Å². The van der Waals surface area contributed by atoms with E-state index in [2.05, 4.69) is 0 Å². The van der Waals surface area contributed by atoms with Gasteiger partial charge >= 0.3 is 0 Å². The molecule has 2 rings (SSSR count). The van der Waals surface area contributed by atoms with E-state index in [1.54, 1.807) is 25.3 Å². The van der Waals surface area contributed by atoms with Crippen LogP contribution in [0.15, 0.2) is 42.5 Å². The molecule has 0 unspecified atom stereocenters. The predicted octanol–water partition coefficient (Wildman–Crippen LogP) is 3.39. The van der Waals surface area contributed by atoms with Crippen molar-refractivity contribution in [1.29, 1.82) is 0 Å². The molecule has 4 nitrogen and oxygen atoms in total. The average molecular weight is 294 g/mol. The van der Waals surface area contributed by atoms with E-state index in [4.69, 9.17) is 31.5 Å². The standard InChI is InChI=1S/C15H16ClNO3/c1-18-14-4-2-3-5-15(14)20-9-8-19-13-7-6-11(16)10-12(13)17/h2-7,10H,8-9,17H2,1H3. The number of para-hydroxylation sites is 2. The van der Waals surface area contributed by atoms with Crippen molar-refractivity contribution in [2.45, 2.75) is 0 Å². The highest BCUT2D eigenvalue weighted by atomic mass is 35.5. The maximum atomic E-state index is 5.82. The number of nitrogens with two attached hydrogens (primary N) is 1. The van der Waals surface area contributed by atoms with Crippen molar-refractivity contribution < 1.29 is 14.2 Å². The number of methoxy groups -OCH3 is 1. The molecule has 0 bridgehead atoms. The molecule has 0 aliphatic carbocycles. The molecule has 0 heterocycles. The van der Waals surface area contributed by atoms with Gasteiger partial charge in [-0.2, -0.15) is 0 Å². The molecule has 0 atom stereocenters. The van der Waals surface area contributed by atoms with E-state index in [9.17, 15) is 0 Å². The first-order valence-electron chi connectivity index (χ1n) is 6.14. The van der Waals surface area contributed by atoms with E-state index < -0.39 is 0 Å². The molecule has 0 spiro atoms. The van der Waals surface area contributed by atoms with Crippen LogP contribution in [-0.4, -0.2) is 20.3 Å². The Morgan fingerprint density at radius 1 is 0.950 bits per heavy atom. The summed E-state index contributed by atoms with van der Waals surface area (Å²) in [6.45, 7) is 0.770. The molecular weight excluding hydrogens is 278 g/mol. The van der Waals surface area contributed by atoms with E-state index in [0.29, 0.717) is 41.2 Å². The minimum atomic E-state index is 0.379. The van der Waals surface area contributed by atoms with Crippen molar-refractivity contribution in [2.24, 2.45) is 0 Å². The zero-order valence-electron chi connectivity index (χ0n) is 11.1. The van der Waals surface area contributed by atoms with Crippen molar-refractivity contribution in [3.63, 3.8) is 0 Å². The fraction of sp³-hybridized carbons (Fsp3) is 0.200. The van der Waals surface area contributed by atoms with Gasteiger partial charge in [-0.1, -0.05) is 23.7 Å². The first-order valence-corrected chi connectivity index (χ1v) is 6.52. The third kappa shape index (κ3) is 3.71. The summed E-state index contributed by atoms with van der Waals surface area (Å²) in [5, 5.41) is 0.583. The number of benzene rings is 2. The van der Waals surface area contributed by atoms with Crippen LogP contribution in [0.5, 0.6) is 17.2 Å². The molecule has 5 heteroatoms. The second kappa shape index (κ2) is 6.91. The van der Waals surface area contributed by atoms with Crippen molar-refractivity contribution in [1.82, 2.24) is 0 Å². The van der Waals surface area contributed by atoms with Crippen LogP contribution in [0, 0.1) is 0 Å². The highest BCUT2D eigenvalue weighted by molar-refractivity contribution is 6.30. The Labute approximate surface area is 123 Å². The zero-order chi connectivity index (χ0) is 14.4. The lowest BCUT2D eigenvalue weighted by Gasteiger charge is -2.12. The number of halogens is 1. The van der Waals surface area contributed by atoms with Gasteiger partial charge in [0.1, 0.15) is 19.0 Å². The Morgan fingerprint density at radius 2 is 1.60 bits per heavy atom. The number of hydrogen-bond donors (Lipinski definition) is 1. The van der Waals surface area contributed by atoms with Crippen molar-refractivity contribution >= 4 is 17.3 Å². The van der Waals surface area contributed by atoms with E-state index in [1.165, 1.54) is 0 Å². The molecule has 0 amide bonds. The van der Waals surface area contributed by atoms with Gasteiger partial charge < -0.3 is 19.9 Å². The Kier molecular flexibility index (Phi) is 4.96. The SMILES string of the molecule is COc1ccccc1OCCOc1ccc(Cl)cc1N. The zero-order valence-corrected chi connectivity index (χ0v) is 11.9. The third-order valence-electron chi connectivity index (χ3n) is 2.64. The average Bonchev–Trinajstić information content (AvgIpc) is 2.46.